The van der Waals surface area contributed by atoms with Crippen molar-refractivity contribution in [1.29, 1.82) is 0 Å². The number of carbonyl (C=O) groups is 1. The van der Waals surface area contributed by atoms with Crippen molar-refractivity contribution in [2.75, 3.05) is 4.90 Å². The van der Waals surface area contributed by atoms with Crippen LogP contribution in [0.15, 0.2) is 42.5 Å². The van der Waals surface area contributed by atoms with Gasteiger partial charge in [-0.15, -0.1) is 0 Å². The molecule has 2 atom stereocenters. The van der Waals surface area contributed by atoms with E-state index in [1.165, 1.54) is 5.56 Å². The Balaban J connectivity index is 2.02. The summed E-state index contributed by atoms with van der Waals surface area (Å²) in [5, 5.41) is 0.638. The van der Waals surface area contributed by atoms with Crippen LogP contribution in [0.3, 0.4) is 0 Å². The fraction of sp³-hybridized carbons (Fsp3) is 0.235. The van der Waals surface area contributed by atoms with Gasteiger partial charge in [0, 0.05) is 10.7 Å². The van der Waals surface area contributed by atoms with Gasteiger partial charge in [0.2, 0.25) is 5.91 Å². The van der Waals surface area contributed by atoms with Crippen molar-refractivity contribution in [2.45, 2.75) is 25.9 Å². The van der Waals surface area contributed by atoms with Gasteiger partial charge in [-0.25, -0.2) is 0 Å². The fourth-order valence-corrected chi connectivity index (χ4v) is 2.97. The Morgan fingerprint density at radius 2 is 1.81 bits per heavy atom. The lowest BCUT2D eigenvalue weighted by atomic mass is 9.88. The van der Waals surface area contributed by atoms with E-state index < -0.39 is 6.04 Å². The molecule has 21 heavy (non-hydrogen) atoms. The Bertz CT molecular complexity index is 714. The molecule has 0 aliphatic carbocycles. The first-order valence-electron chi connectivity index (χ1n) is 6.91. The summed E-state index contributed by atoms with van der Waals surface area (Å²) < 4.78 is 0. The van der Waals surface area contributed by atoms with E-state index in [1.54, 1.807) is 4.90 Å². The van der Waals surface area contributed by atoms with Gasteiger partial charge in [-0.05, 0) is 48.7 Å². The molecule has 108 valence electrons. The number of nitrogens with two attached hydrogens (primary N) is 1. The average molecular weight is 301 g/mol. The number of halogens is 1. The number of β-lactam (4-membered cyclic amide) rings is 1. The number of amides is 1. The van der Waals surface area contributed by atoms with Crippen molar-refractivity contribution in [3.63, 3.8) is 0 Å². The number of hydrogen-bond donors (Lipinski definition) is 1. The van der Waals surface area contributed by atoms with Gasteiger partial charge in [-0.2, -0.15) is 0 Å². The monoisotopic (exact) mass is 300 g/mol. The molecule has 1 aliphatic heterocycles. The maximum atomic E-state index is 12.2. The molecule has 0 saturated carbocycles. The minimum Gasteiger partial charge on any atom is -0.318 e. The highest BCUT2D eigenvalue weighted by Crippen LogP contribution is 2.40. The van der Waals surface area contributed by atoms with Crippen LogP contribution in [0, 0.1) is 13.8 Å². The fourth-order valence-electron chi connectivity index (χ4n) is 2.72. The number of benzene rings is 2. The van der Waals surface area contributed by atoms with Gasteiger partial charge in [0.25, 0.3) is 0 Å². The molecule has 2 aromatic rings. The molecule has 0 aromatic heterocycles. The van der Waals surface area contributed by atoms with E-state index in [0.29, 0.717) is 5.02 Å². The summed E-state index contributed by atoms with van der Waals surface area (Å²) in [5.74, 6) is -0.0665. The molecule has 4 heteroatoms. The van der Waals surface area contributed by atoms with Gasteiger partial charge in [0.1, 0.15) is 6.04 Å². The highest BCUT2D eigenvalue weighted by molar-refractivity contribution is 6.31. The summed E-state index contributed by atoms with van der Waals surface area (Å²) in [6.45, 7) is 4.09. The van der Waals surface area contributed by atoms with Crippen molar-refractivity contribution in [1.82, 2.24) is 0 Å². The molecule has 3 rings (SSSR count). The first kappa shape index (κ1) is 14.1. The van der Waals surface area contributed by atoms with Crippen LogP contribution in [0.25, 0.3) is 0 Å². The highest BCUT2D eigenvalue weighted by atomic mass is 35.5. The number of aryl methyl sites for hydroxylation is 2. The second kappa shape index (κ2) is 5.17. The second-order valence-electron chi connectivity index (χ2n) is 5.47. The molecule has 0 radical (unpaired) electrons. The second-order valence-corrected chi connectivity index (χ2v) is 5.88. The van der Waals surface area contributed by atoms with Crippen LogP contribution >= 0.6 is 11.6 Å². The third kappa shape index (κ3) is 2.23. The molecule has 1 saturated heterocycles. The van der Waals surface area contributed by atoms with Gasteiger partial charge in [0.05, 0.1) is 6.04 Å². The summed E-state index contributed by atoms with van der Waals surface area (Å²) in [4.78, 5) is 13.9. The van der Waals surface area contributed by atoms with Gasteiger partial charge in [-0.1, -0.05) is 35.9 Å². The van der Waals surface area contributed by atoms with E-state index >= 15 is 0 Å². The summed E-state index contributed by atoms with van der Waals surface area (Å²) in [5.41, 5.74) is 10.1. The zero-order valence-electron chi connectivity index (χ0n) is 12.0. The lowest BCUT2D eigenvalue weighted by Crippen LogP contribution is -2.63. The molecule has 1 amide bonds. The third-order valence-electron chi connectivity index (χ3n) is 4.13. The Morgan fingerprint density at radius 1 is 1.10 bits per heavy atom. The number of hydrogen-bond acceptors (Lipinski definition) is 2. The van der Waals surface area contributed by atoms with Crippen LogP contribution < -0.4 is 10.6 Å². The van der Waals surface area contributed by atoms with Crippen LogP contribution in [0.1, 0.15) is 22.7 Å². The van der Waals surface area contributed by atoms with Crippen LogP contribution in [0.5, 0.6) is 0 Å². The minimum absolute atomic E-state index is 0.0665. The summed E-state index contributed by atoms with van der Waals surface area (Å²) in [6.07, 6.45) is 0. The molecule has 1 aliphatic rings. The van der Waals surface area contributed by atoms with Gasteiger partial charge in [-0.3, -0.25) is 4.79 Å². The van der Waals surface area contributed by atoms with Crippen molar-refractivity contribution >= 4 is 23.2 Å². The zero-order valence-corrected chi connectivity index (χ0v) is 12.8. The summed E-state index contributed by atoms with van der Waals surface area (Å²) in [7, 11) is 0. The molecule has 2 N–H and O–H groups in total. The van der Waals surface area contributed by atoms with Crippen molar-refractivity contribution in [3.05, 3.63) is 64.2 Å². The quantitative estimate of drug-likeness (QED) is 0.864. The summed E-state index contributed by atoms with van der Waals surface area (Å²) in [6, 6.07) is 12.8. The van der Waals surface area contributed by atoms with E-state index in [-0.39, 0.29) is 11.9 Å². The number of nitrogens with zero attached hydrogens (tertiary/aromatic N) is 1. The first-order valence-corrected chi connectivity index (χ1v) is 7.29. The molecular weight excluding hydrogens is 284 g/mol. The van der Waals surface area contributed by atoms with Gasteiger partial charge >= 0.3 is 0 Å². The SMILES string of the molecule is Cc1ccc(N2C(=O)[C@@H](N)[C@H]2c2ccccc2Cl)cc1C. The Morgan fingerprint density at radius 3 is 2.48 bits per heavy atom. The summed E-state index contributed by atoms with van der Waals surface area (Å²) >= 11 is 6.26. The predicted octanol–water partition coefficient (Wildman–Crippen LogP) is 3.37. The predicted molar refractivity (Wildman–Crippen MR) is 85.6 cm³/mol. The molecule has 1 fully saturated rings. The standard InChI is InChI=1S/C17H17ClN2O/c1-10-7-8-12(9-11(10)2)20-16(15(19)17(20)21)13-5-3-4-6-14(13)18/h3-9,15-16H,19H2,1-2H3/t15-,16+/m0/s1. The minimum atomic E-state index is -0.536. The lowest BCUT2D eigenvalue weighted by molar-refractivity contribution is -0.126. The lowest BCUT2D eigenvalue weighted by Gasteiger charge is -2.46. The molecule has 1 heterocycles. The van der Waals surface area contributed by atoms with Crippen LogP contribution in [0.4, 0.5) is 5.69 Å². The molecule has 3 nitrogen and oxygen atoms in total. The van der Waals surface area contributed by atoms with E-state index in [9.17, 15) is 4.79 Å². The average Bonchev–Trinajstić information content (AvgIpc) is 2.48. The first-order chi connectivity index (χ1) is 10.0. The zero-order chi connectivity index (χ0) is 15.1. The topological polar surface area (TPSA) is 46.3 Å². The van der Waals surface area contributed by atoms with Crippen LogP contribution in [-0.4, -0.2) is 11.9 Å². The van der Waals surface area contributed by atoms with E-state index in [4.69, 9.17) is 17.3 Å². The molecular formula is C17H17ClN2O. The Kier molecular flexibility index (Phi) is 3.47. The molecule has 0 unspecified atom stereocenters. The Hall–Kier alpha value is -1.84. The largest absolute Gasteiger partial charge is 0.318 e. The maximum Gasteiger partial charge on any atom is 0.247 e. The molecule has 2 aromatic carbocycles. The number of anilines is 1. The smallest absolute Gasteiger partial charge is 0.247 e. The molecule has 0 bridgehead atoms. The number of carbonyl (C=O) groups excluding carboxylic acids is 1. The van der Waals surface area contributed by atoms with Gasteiger partial charge < -0.3 is 10.6 Å². The molecule has 0 spiro atoms. The van der Waals surface area contributed by atoms with Gasteiger partial charge in [0.15, 0.2) is 0 Å². The number of rotatable bonds is 2. The normalized spacial score (nSPS) is 21.3. The maximum absolute atomic E-state index is 12.2. The highest BCUT2D eigenvalue weighted by Gasteiger charge is 2.47. The van der Waals surface area contributed by atoms with Crippen LogP contribution in [-0.2, 0) is 4.79 Å². The van der Waals surface area contributed by atoms with Crippen LogP contribution in [0.2, 0.25) is 5.02 Å². The van der Waals surface area contributed by atoms with Crippen molar-refractivity contribution in [2.24, 2.45) is 5.73 Å². The van der Waals surface area contributed by atoms with Crippen molar-refractivity contribution in [3.8, 4) is 0 Å². The third-order valence-corrected chi connectivity index (χ3v) is 4.48. The van der Waals surface area contributed by atoms with E-state index in [1.807, 2.05) is 56.3 Å². The van der Waals surface area contributed by atoms with E-state index in [2.05, 4.69) is 0 Å². The Labute approximate surface area is 129 Å². The van der Waals surface area contributed by atoms with E-state index in [0.717, 1.165) is 16.8 Å². The van der Waals surface area contributed by atoms with Crippen molar-refractivity contribution < 1.29 is 4.79 Å².